The van der Waals surface area contributed by atoms with Crippen LogP contribution in [0.15, 0.2) is 47.4 Å². The Morgan fingerprint density at radius 3 is 2.27 bits per heavy atom. The fourth-order valence-electron chi connectivity index (χ4n) is 3.01. The van der Waals surface area contributed by atoms with Gasteiger partial charge in [0.25, 0.3) is 5.69 Å². The summed E-state index contributed by atoms with van der Waals surface area (Å²) in [7, 11) is -3.58. The Kier molecular flexibility index (Phi) is 4.92. The zero-order valence-corrected chi connectivity index (χ0v) is 14.9. The third-order valence-corrected chi connectivity index (χ3v) is 6.34. The lowest BCUT2D eigenvalue weighted by Gasteiger charge is -2.35. The van der Waals surface area contributed by atoms with E-state index in [2.05, 4.69) is 0 Å². The number of hydrogen-bond acceptors (Lipinski definition) is 5. The highest BCUT2D eigenvalue weighted by molar-refractivity contribution is 7.89. The van der Waals surface area contributed by atoms with Crippen molar-refractivity contribution in [3.63, 3.8) is 0 Å². The van der Waals surface area contributed by atoms with E-state index in [1.54, 1.807) is 42.2 Å². The van der Waals surface area contributed by atoms with E-state index in [0.717, 1.165) is 6.07 Å². The molecule has 0 N–H and O–H groups in total. The monoisotopic (exact) mass is 379 g/mol. The molecule has 0 bridgehead atoms. The second-order valence-corrected chi connectivity index (χ2v) is 7.99. The molecule has 0 spiro atoms. The Hall–Kier alpha value is -2.52. The molecule has 1 heterocycles. The molecular weight excluding hydrogens is 361 g/mol. The lowest BCUT2D eigenvalue weighted by molar-refractivity contribution is -0.385. The van der Waals surface area contributed by atoms with Crippen molar-refractivity contribution in [2.24, 2.45) is 0 Å². The molecule has 1 aliphatic heterocycles. The van der Waals surface area contributed by atoms with Crippen molar-refractivity contribution in [3.8, 4) is 0 Å². The molecule has 0 atom stereocenters. The summed E-state index contributed by atoms with van der Waals surface area (Å²) < 4.78 is 40.9. The van der Waals surface area contributed by atoms with Gasteiger partial charge in [-0.15, -0.1) is 0 Å². The van der Waals surface area contributed by atoms with Crippen molar-refractivity contribution in [1.29, 1.82) is 0 Å². The Balaban J connectivity index is 1.77. The Morgan fingerprint density at radius 1 is 1.08 bits per heavy atom. The summed E-state index contributed by atoms with van der Waals surface area (Å²) in [5, 5.41) is 10.9. The number of nitro benzene ring substituents is 1. The van der Waals surface area contributed by atoms with Gasteiger partial charge in [-0.05, 0) is 25.1 Å². The number of hydrogen-bond donors (Lipinski definition) is 0. The number of halogens is 1. The van der Waals surface area contributed by atoms with Crippen LogP contribution in [0.3, 0.4) is 0 Å². The topological polar surface area (TPSA) is 83.8 Å². The minimum Gasteiger partial charge on any atom is -0.367 e. The molecule has 2 aromatic rings. The maximum Gasteiger partial charge on any atom is 0.275 e. The number of nitro groups is 1. The smallest absolute Gasteiger partial charge is 0.275 e. The SMILES string of the molecule is Cc1cc(N2CCN(S(=O)(=O)c3ccccc3)CC2)c(F)cc1[N+](=O)[O-]. The van der Waals surface area contributed by atoms with Gasteiger partial charge in [-0.2, -0.15) is 4.31 Å². The lowest BCUT2D eigenvalue weighted by atomic mass is 10.1. The van der Waals surface area contributed by atoms with Crippen LogP contribution in [-0.2, 0) is 10.0 Å². The summed E-state index contributed by atoms with van der Waals surface area (Å²) >= 11 is 0. The second kappa shape index (κ2) is 7.00. The van der Waals surface area contributed by atoms with Gasteiger partial charge in [0.2, 0.25) is 10.0 Å². The first-order chi connectivity index (χ1) is 12.3. The Morgan fingerprint density at radius 2 is 1.69 bits per heavy atom. The molecule has 0 aliphatic carbocycles. The highest BCUT2D eigenvalue weighted by Crippen LogP contribution is 2.29. The molecule has 138 valence electrons. The average molecular weight is 379 g/mol. The minimum atomic E-state index is -3.58. The van der Waals surface area contributed by atoms with E-state index in [-0.39, 0.29) is 29.4 Å². The molecule has 0 radical (unpaired) electrons. The molecule has 1 saturated heterocycles. The van der Waals surface area contributed by atoms with Crippen LogP contribution in [0, 0.1) is 22.9 Å². The molecule has 3 rings (SSSR count). The van der Waals surface area contributed by atoms with Crippen molar-refractivity contribution < 1.29 is 17.7 Å². The van der Waals surface area contributed by atoms with Gasteiger partial charge in [0.05, 0.1) is 21.6 Å². The number of piperazine rings is 1. The first kappa shape index (κ1) is 18.3. The molecule has 1 aliphatic rings. The van der Waals surface area contributed by atoms with Crippen LogP contribution in [0.4, 0.5) is 15.8 Å². The minimum absolute atomic E-state index is 0.215. The van der Waals surface area contributed by atoms with Crippen LogP contribution in [-0.4, -0.2) is 43.8 Å². The average Bonchev–Trinajstić information content (AvgIpc) is 2.64. The maximum atomic E-state index is 14.3. The molecule has 0 unspecified atom stereocenters. The van der Waals surface area contributed by atoms with Gasteiger partial charge >= 0.3 is 0 Å². The zero-order valence-electron chi connectivity index (χ0n) is 14.1. The molecule has 1 fully saturated rings. The van der Waals surface area contributed by atoms with Crippen molar-refractivity contribution in [2.45, 2.75) is 11.8 Å². The summed E-state index contributed by atoms with van der Waals surface area (Å²) in [6.07, 6.45) is 0. The zero-order chi connectivity index (χ0) is 18.9. The molecule has 0 amide bonds. The first-order valence-electron chi connectivity index (χ1n) is 8.05. The van der Waals surface area contributed by atoms with E-state index in [9.17, 15) is 22.9 Å². The predicted octanol–water partition coefficient (Wildman–Crippen LogP) is 2.55. The quantitative estimate of drug-likeness (QED) is 0.602. The van der Waals surface area contributed by atoms with Gasteiger partial charge in [-0.3, -0.25) is 10.1 Å². The van der Waals surface area contributed by atoms with Gasteiger partial charge < -0.3 is 4.90 Å². The van der Waals surface area contributed by atoms with Crippen LogP contribution in [0.25, 0.3) is 0 Å². The van der Waals surface area contributed by atoms with Gasteiger partial charge in [0, 0.05) is 31.7 Å². The number of rotatable bonds is 4. The summed E-state index contributed by atoms with van der Waals surface area (Å²) in [6.45, 7) is 2.59. The number of anilines is 1. The summed E-state index contributed by atoms with van der Waals surface area (Å²) in [4.78, 5) is 12.2. The summed E-state index contributed by atoms with van der Waals surface area (Å²) in [5.74, 6) is -0.679. The third kappa shape index (κ3) is 3.40. The van der Waals surface area contributed by atoms with Crippen LogP contribution in [0.2, 0.25) is 0 Å². The largest absolute Gasteiger partial charge is 0.367 e. The van der Waals surface area contributed by atoms with Gasteiger partial charge in [-0.1, -0.05) is 18.2 Å². The first-order valence-corrected chi connectivity index (χ1v) is 9.49. The van der Waals surface area contributed by atoms with E-state index in [1.165, 1.54) is 10.4 Å². The Bertz CT molecular complexity index is 927. The van der Waals surface area contributed by atoms with Crippen LogP contribution >= 0.6 is 0 Å². The van der Waals surface area contributed by atoms with Crippen LogP contribution < -0.4 is 4.90 Å². The Labute approximate surface area is 150 Å². The molecule has 9 heteroatoms. The van der Waals surface area contributed by atoms with E-state index in [1.807, 2.05) is 0 Å². The number of sulfonamides is 1. The lowest BCUT2D eigenvalue weighted by Crippen LogP contribution is -2.48. The van der Waals surface area contributed by atoms with E-state index in [0.29, 0.717) is 18.7 Å². The number of benzene rings is 2. The molecule has 7 nitrogen and oxygen atoms in total. The summed E-state index contributed by atoms with van der Waals surface area (Å²) in [5.41, 5.74) is 0.354. The fraction of sp³-hybridized carbons (Fsp3) is 0.294. The van der Waals surface area contributed by atoms with E-state index in [4.69, 9.17) is 0 Å². The standard InChI is InChI=1S/C17H18FN3O4S/c1-13-11-17(15(18)12-16(13)21(22)23)19-7-9-20(10-8-19)26(24,25)14-5-3-2-4-6-14/h2-6,11-12H,7-10H2,1H3. The molecule has 0 saturated carbocycles. The fourth-order valence-corrected chi connectivity index (χ4v) is 4.45. The van der Waals surface area contributed by atoms with Gasteiger partial charge in [0.1, 0.15) is 0 Å². The molecular formula is C17H18FN3O4S. The maximum absolute atomic E-state index is 14.3. The van der Waals surface area contributed by atoms with Crippen molar-refractivity contribution in [3.05, 3.63) is 64.0 Å². The number of nitrogens with zero attached hydrogens (tertiary/aromatic N) is 3. The van der Waals surface area contributed by atoms with Crippen LogP contribution in [0.1, 0.15) is 5.56 Å². The second-order valence-electron chi connectivity index (χ2n) is 6.05. The molecule has 2 aromatic carbocycles. The van der Waals surface area contributed by atoms with Gasteiger partial charge in [-0.25, -0.2) is 12.8 Å². The molecule has 26 heavy (non-hydrogen) atoms. The van der Waals surface area contributed by atoms with E-state index >= 15 is 0 Å². The van der Waals surface area contributed by atoms with Crippen molar-refractivity contribution in [2.75, 3.05) is 31.1 Å². The molecule has 0 aromatic heterocycles. The third-order valence-electron chi connectivity index (χ3n) is 4.42. The predicted molar refractivity (Wildman–Crippen MR) is 95.2 cm³/mol. The number of aryl methyl sites for hydroxylation is 1. The van der Waals surface area contributed by atoms with Crippen molar-refractivity contribution in [1.82, 2.24) is 4.31 Å². The normalized spacial score (nSPS) is 15.8. The highest BCUT2D eigenvalue weighted by atomic mass is 32.2. The highest BCUT2D eigenvalue weighted by Gasteiger charge is 2.29. The van der Waals surface area contributed by atoms with E-state index < -0.39 is 20.8 Å². The van der Waals surface area contributed by atoms with Crippen molar-refractivity contribution >= 4 is 21.4 Å². The van der Waals surface area contributed by atoms with Gasteiger partial charge in [0.15, 0.2) is 5.82 Å². The summed E-state index contributed by atoms with van der Waals surface area (Å²) in [6, 6.07) is 10.5. The van der Waals surface area contributed by atoms with Crippen LogP contribution in [0.5, 0.6) is 0 Å².